The molecule has 1 aromatic carbocycles. The Hall–Kier alpha value is -1.64. The number of fused-ring (bicyclic) bond motifs is 1. The minimum absolute atomic E-state index is 0.310. The summed E-state index contributed by atoms with van der Waals surface area (Å²) in [6.45, 7) is 4.64. The van der Waals surface area contributed by atoms with Gasteiger partial charge in [0.25, 0.3) is 0 Å². The molecule has 0 aliphatic carbocycles. The van der Waals surface area contributed by atoms with Crippen molar-refractivity contribution in [3.63, 3.8) is 0 Å². The fourth-order valence-electron chi connectivity index (χ4n) is 1.82. The second kappa shape index (κ2) is 4.56. The van der Waals surface area contributed by atoms with Crippen molar-refractivity contribution in [2.24, 2.45) is 0 Å². The Morgan fingerprint density at radius 2 is 2.22 bits per heavy atom. The molecule has 94 valence electrons. The van der Waals surface area contributed by atoms with Crippen molar-refractivity contribution in [3.05, 3.63) is 28.5 Å². The number of aromatic amines is 1. The third-order valence-electron chi connectivity index (χ3n) is 3.00. The van der Waals surface area contributed by atoms with Crippen LogP contribution in [0, 0.1) is 16.1 Å². The first kappa shape index (κ1) is 12.8. The van der Waals surface area contributed by atoms with Gasteiger partial charge in [0.1, 0.15) is 0 Å². The summed E-state index contributed by atoms with van der Waals surface area (Å²) in [6, 6.07) is 7.63. The van der Waals surface area contributed by atoms with Crippen molar-refractivity contribution in [2.75, 3.05) is 7.11 Å². The third-order valence-corrected chi connectivity index (χ3v) is 3.32. The van der Waals surface area contributed by atoms with Gasteiger partial charge in [0.15, 0.2) is 4.77 Å². The number of hydrogen-bond donors (Lipinski definition) is 1. The van der Waals surface area contributed by atoms with Crippen LogP contribution in [-0.4, -0.2) is 22.3 Å². The van der Waals surface area contributed by atoms with E-state index in [2.05, 4.69) is 11.1 Å². The molecule has 4 nitrogen and oxygen atoms in total. The van der Waals surface area contributed by atoms with Crippen LogP contribution in [0.1, 0.15) is 19.4 Å². The van der Waals surface area contributed by atoms with E-state index in [9.17, 15) is 0 Å². The molecule has 0 aliphatic heterocycles. The summed E-state index contributed by atoms with van der Waals surface area (Å²) >= 11 is 5.32. The van der Waals surface area contributed by atoms with Gasteiger partial charge in [-0.1, -0.05) is 0 Å². The summed E-state index contributed by atoms with van der Waals surface area (Å²) in [5.41, 5.74) is 2.19. The van der Waals surface area contributed by atoms with Gasteiger partial charge in [-0.05, 0) is 44.3 Å². The predicted octanol–water partition coefficient (Wildman–Crippen LogP) is 3.00. The second-order valence-corrected chi connectivity index (χ2v) is 5.21. The van der Waals surface area contributed by atoms with Crippen LogP contribution in [0.2, 0.25) is 0 Å². The number of imidazole rings is 1. The Kier molecular flexibility index (Phi) is 3.24. The van der Waals surface area contributed by atoms with E-state index in [1.54, 1.807) is 13.2 Å². The molecule has 0 fully saturated rings. The average molecular weight is 261 g/mol. The molecule has 18 heavy (non-hydrogen) atoms. The normalized spacial score (nSPS) is 11.7. The molecule has 0 atom stereocenters. The zero-order valence-electron chi connectivity index (χ0n) is 10.7. The van der Waals surface area contributed by atoms with E-state index < -0.39 is 0 Å². The summed E-state index contributed by atoms with van der Waals surface area (Å²) in [7, 11) is 1.68. The van der Waals surface area contributed by atoms with Crippen LogP contribution in [0.3, 0.4) is 0 Å². The number of hydrogen-bond acceptors (Lipinski definition) is 3. The molecule has 2 aromatic rings. The zero-order valence-corrected chi connectivity index (χ0v) is 11.5. The minimum Gasteiger partial charge on any atom is -0.377 e. The van der Waals surface area contributed by atoms with Gasteiger partial charge in [-0.15, -0.1) is 0 Å². The van der Waals surface area contributed by atoms with E-state index in [0.29, 0.717) is 16.9 Å². The van der Waals surface area contributed by atoms with Gasteiger partial charge in [-0.25, -0.2) is 0 Å². The second-order valence-electron chi connectivity index (χ2n) is 4.82. The fourth-order valence-corrected chi connectivity index (χ4v) is 2.10. The van der Waals surface area contributed by atoms with Crippen LogP contribution in [0.25, 0.3) is 11.0 Å². The topological polar surface area (TPSA) is 53.7 Å². The molecule has 0 unspecified atom stereocenters. The van der Waals surface area contributed by atoms with Crippen LogP contribution >= 0.6 is 12.2 Å². The van der Waals surface area contributed by atoms with Gasteiger partial charge in [-0.2, -0.15) is 5.26 Å². The van der Waals surface area contributed by atoms with Crippen LogP contribution in [0.5, 0.6) is 0 Å². The van der Waals surface area contributed by atoms with E-state index in [0.717, 1.165) is 11.0 Å². The summed E-state index contributed by atoms with van der Waals surface area (Å²) in [4.78, 5) is 3.14. The molecule has 0 saturated heterocycles. The SMILES string of the molecule is COC(C)(C)Cn1c(=S)[nH]c2ccc(C#N)cc21. The van der Waals surface area contributed by atoms with Gasteiger partial charge in [0.05, 0.1) is 34.8 Å². The molecule has 0 saturated carbocycles. The van der Waals surface area contributed by atoms with Crippen LogP contribution in [0.4, 0.5) is 0 Å². The molecular formula is C13H15N3OS. The largest absolute Gasteiger partial charge is 0.377 e. The Morgan fingerprint density at radius 1 is 1.50 bits per heavy atom. The quantitative estimate of drug-likeness (QED) is 0.864. The molecule has 0 amide bonds. The summed E-state index contributed by atoms with van der Waals surface area (Å²) in [6.07, 6.45) is 0. The third kappa shape index (κ3) is 2.30. The summed E-state index contributed by atoms with van der Waals surface area (Å²) in [5.74, 6) is 0. The van der Waals surface area contributed by atoms with Crippen molar-refractivity contribution >= 4 is 23.3 Å². The lowest BCUT2D eigenvalue weighted by atomic mass is 10.1. The number of rotatable bonds is 3. The molecule has 2 rings (SSSR count). The van der Waals surface area contributed by atoms with Crippen molar-refractivity contribution in [2.45, 2.75) is 26.0 Å². The number of aromatic nitrogens is 2. The number of ether oxygens (including phenoxy) is 1. The minimum atomic E-state index is -0.310. The smallest absolute Gasteiger partial charge is 0.178 e. The molecule has 1 N–H and O–H groups in total. The first-order valence-electron chi connectivity index (χ1n) is 5.65. The lowest BCUT2D eigenvalue weighted by Crippen LogP contribution is -2.29. The van der Waals surface area contributed by atoms with E-state index in [4.69, 9.17) is 22.2 Å². The van der Waals surface area contributed by atoms with Gasteiger partial charge in [-0.3, -0.25) is 0 Å². The number of nitrogens with one attached hydrogen (secondary N) is 1. The fraction of sp³-hybridized carbons (Fsp3) is 0.385. The van der Waals surface area contributed by atoms with E-state index >= 15 is 0 Å². The van der Waals surface area contributed by atoms with Crippen LogP contribution in [0.15, 0.2) is 18.2 Å². The first-order chi connectivity index (χ1) is 8.46. The number of H-pyrrole nitrogens is 1. The van der Waals surface area contributed by atoms with Crippen molar-refractivity contribution < 1.29 is 4.74 Å². The zero-order chi connectivity index (χ0) is 13.3. The maximum Gasteiger partial charge on any atom is 0.178 e. The maximum atomic E-state index is 8.95. The van der Waals surface area contributed by atoms with Gasteiger partial charge in [0, 0.05) is 7.11 Å². The van der Waals surface area contributed by atoms with E-state index in [-0.39, 0.29) is 5.60 Å². The number of nitrogens with zero attached hydrogens (tertiary/aromatic N) is 2. The maximum absolute atomic E-state index is 8.95. The molecule has 0 aliphatic rings. The molecule has 1 heterocycles. The van der Waals surface area contributed by atoms with Gasteiger partial charge >= 0.3 is 0 Å². The molecule has 0 spiro atoms. The highest BCUT2D eigenvalue weighted by Gasteiger charge is 2.19. The number of nitriles is 1. The van der Waals surface area contributed by atoms with Crippen LogP contribution in [-0.2, 0) is 11.3 Å². The molecule has 0 bridgehead atoms. The monoisotopic (exact) mass is 261 g/mol. The van der Waals surface area contributed by atoms with Crippen molar-refractivity contribution in [1.29, 1.82) is 5.26 Å². The Bertz CT molecular complexity index is 676. The van der Waals surface area contributed by atoms with Gasteiger partial charge < -0.3 is 14.3 Å². The van der Waals surface area contributed by atoms with Crippen LogP contribution < -0.4 is 0 Å². The highest BCUT2D eigenvalue weighted by molar-refractivity contribution is 7.71. The Labute approximate surface area is 111 Å². The predicted molar refractivity (Wildman–Crippen MR) is 72.9 cm³/mol. The van der Waals surface area contributed by atoms with Gasteiger partial charge in [0.2, 0.25) is 0 Å². The highest BCUT2D eigenvalue weighted by Crippen LogP contribution is 2.20. The first-order valence-corrected chi connectivity index (χ1v) is 6.05. The molecule has 0 radical (unpaired) electrons. The molecule has 5 heteroatoms. The molecular weight excluding hydrogens is 246 g/mol. The van der Waals surface area contributed by atoms with E-state index in [1.807, 2.05) is 30.5 Å². The Balaban J connectivity index is 2.59. The highest BCUT2D eigenvalue weighted by atomic mass is 32.1. The number of benzene rings is 1. The lowest BCUT2D eigenvalue weighted by Gasteiger charge is -2.23. The van der Waals surface area contributed by atoms with Crippen molar-refractivity contribution in [3.8, 4) is 6.07 Å². The molecule has 1 aromatic heterocycles. The lowest BCUT2D eigenvalue weighted by molar-refractivity contribution is 0.00873. The summed E-state index contributed by atoms with van der Waals surface area (Å²) in [5, 5.41) is 8.95. The van der Waals surface area contributed by atoms with Crippen molar-refractivity contribution in [1.82, 2.24) is 9.55 Å². The van der Waals surface area contributed by atoms with E-state index in [1.165, 1.54) is 0 Å². The standard InChI is InChI=1S/C13H15N3OS/c1-13(2,17-3)8-16-11-6-9(7-14)4-5-10(11)15-12(16)18/h4-6H,8H2,1-3H3,(H,15,18). The summed E-state index contributed by atoms with van der Waals surface area (Å²) < 4.78 is 8.04. The number of methoxy groups -OCH3 is 1. The average Bonchev–Trinajstić information content (AvgIpc) is 2.65. The Morgan fingerprint density at radius 3 is 2.83 bits per heavy atom.